The van der Waals surface area contributed by atoms with Crippen molar-refractivity contribution in [2.24, 2.45) is 0 Å². The second-order valence-corrected chi connectivity index (χ2v) is 8.15. The van der Waals surface area contributed by atoms with Crippen molar-refractivity contribution in [3.63, 3.8) is 0 Å². The lowest BCUT2D eigenvalue weighted by atomic mass is 10.1. The number of amides is 2. The summed E-state index contributed by atoms with van der Waals surface area (Å²) in [6.45, 7) is 5.01. The number of rotatable bonds is 10. The SMILES string of the molecule is CCN(Cc1ccc(OC)c(F)c1)C(=O)c1ccc(C(=O)N(CC)Cc2ccc(OC)c(F)c2)cc1. The van der Waals surface area contributed by atoms with Crippen LogP contribution in [0.15, 0.2) is 60.7 Å². The first-order valence-corrected chi connectivity index (χ1v) is 11.6. The third-order valence-electron chi connectivity index (χ3n) is 5.90. The van der Waals surface area contributed by atoms with Gasteiger partial charge in [0.1, 0.15) is 0 Å². The number of carbonyl (C=O) groups is 2. The summed E-state index contributed by atoms with van der Waals surface area (Å²) in [5, 5.41) is 0. The maximum atomic E-state index is 14.0. The normalized spacial score (nSPS) is 10.6. The van der Waals surface area contributed by atoms with Gasteiger partial charge in [0.15, 0.2) is 23.1 Å². The van der Waals surface area contributed by atoms with Crippen molar-refractivity contribution in [3.8, 4) is 11.5 Å². The third-order valence-corrected chi connectivity index (χ3v) is 5.90. The number of carbonyl (C=O) groups excluding carboxylic acids is 2. The quantitative estimate of drug-likeness (QED) is 0.382. The van der Waals surface area contributed by atoms with Crippen LogP contribution in [0.5, 0.6) is 11.5 Å². The van der Waals surface area contributed by atoms with Gasteiger partial charge in [-0.3, -0.25) is 9.59 Å². The minimum Gasteiger partial charge on any atom is -0.494 e. The van der Waals surface area contributed by atoms with Crippen LogP contribution in [0.1, 0.15) is 45.7 Å². The summed E-state index contributed by atoms with van der Waals surface area (Å²) >= 11 is 0. The van der Waals surface area contributed by atoms with Gasteiger partial charge in [-0.1, -0.05) is 12.1 Å². The van der Waals surface area contributed by atoms with E-state index in [1.165, 1.54) is 38.5 Å². The van der Waals surface area contributed by atoms with Crippen LogP contribution in [0.3, 0.4) is 0 Å². The first-order valence-electron chi connectivity index (χ1n) is 11.6. The Balaban J connectivity index is 1.70. The van der Waals surface area contributed by atoms with Gasteiger partial charge in [0.25, 0.3) is 11.8 Å². The van der Waals surface area contributed by atoms with E-state index in [-0.39, 0.29) is 36.4 Å². The molecule has 0 atom stereocenters. The highest BCUT2D eigenvalue weighted by Crippen LogP contribution is 2.21. The van der Waals surface area contributed by atoms with Crippen LogP contribution in [0, 0.1) is 11.6 Å². The molecule has 3 rings (SSSR count). The number of hydrogen-bond donors (Lipinski definition) is 0. The second kappa shape index (κ2) is 12.2. The molecule has 3 aromatic carbocycles. The van der Waals surface area contributed by atoms with E-state index in [0.717, 1.165) is 0 Å². The summed E-state index contributed by atoms with van der Waals surface area (Å²) in [7, 11) is 2.79. The molecule has 0 unspecified atom stereocenters. The van der Waals surface area contributed by atoms with Crippen LogP contribution in [0.4, 0.5) is 8.78 Å². The zero-order valence-electron chi connectivity index (χ0n) is 20.9. The molecule has 0 saturated heterocycles. The molecule has 0 spiro atoms. The van der Waals surface area contributed by atoms with Crippen molar-refractivity contribution in [1.29, 1.82) is 0 Å². The topological polar surface area (TPSA) is 59.1 Å². The lowest BCUT2D eigenvalue weighted by Gasteiger charge is -2.23. The Hall–Kier alpha value is -3.94. The van der Waals surface area contributed by atoms with E-state index in [2.05, 4.69) is 0 Å². The molecular formula is C28H30F2N2O4. The fourth-order valence-electron chi connectivity index (χ4n) is 3.83. The average molecular weight is 497 g/mol. The molecule has 0 radical (unpaired) electrons. The van der Waals surface area contributed by atoms with Crippen LogP contribution in [-0.2, 0) is 13.1 Å². The van der Waals surface area contributed by atoms with E-state index in [4.69, 9.17) is 9.47 Å². The van der Waals surface area contributed by atoms with E-state index < -0.39 is 11.6 Å². The molecule has 0 fully saturated rings. The van der Waals surface area contributed by atoms with E-state index in [9.17, 15) is 18.4 Å². The molecule has 0 aliphatic rings. The van der Waals surface area contributed by atoms with Crippen molar-refractivity contribution in [1.82, 2.24) is 9.80 Å². The molecule has 0 N–H and O–H groups in total. The average Bonchev–Trinajstić information content (AvgIpc) is 2.90. The molecule has 0 heterocycles. The molecule has 0 saturated carbocycles. The van der Waals surface area contributed by atoms with Crippen molar-refractivity contribution in [2.75, 3.05) is 27.3 Å². The minimum absolute atomic E-state index is 0.145. The van der Waals surface area contributed by atoms with Gasteiger partial charge in [0.2, 0.25) is 0 Å². The largest absolute Gasteiger partial charge is 0.494 e. The molecule has 2 amide bonds. The van der Waals surface area contributed by atoms with Gasteiger partial charge < -0.3 is 19.3 Å². The highest BCUT2D eigenvalue weighted by molar-refractivity contribution is 5.97. The van der Waals surface area contributed by atoms with Crippen molar-refractivity contribution >= 4 is 11.8 Å². The fourth-order valence-corrected chi connectivity index (χ4v) is 3.83. The molecule has 0 aromatic heterocycles. The first kappa shape index (κ1) is 26.7. The molecule has 0 bridgehead atoms. The van der Waals surface area contributed by atoms with Crippen molar-refractivity contribution < 1.29 is 27.8 Å². The van der Waals surface area contributed by atoms with Crippen molar-refractivity contribution in [3.05, 3.63) is 94.6 Å². The van der Waals surface area contributed by atoms with Crippen LogP contribution in [0.2, 0.25) is 0 Å². The summed E-state index contributed by atoms with van der Waals surface area (Å²) in [6.07, 6.45) is 0. The van der Waals surface area contributed by atoms with Crippen LogP contribution in [0.25, 0.3) is 0 Å². The fraction of sp³-hybridized carbons (Fsp3) is 0.286. The highest BCUT2D eigenvalue weighted by Gasteiger charge is 2.19. The molecule has 6 nitrogen and oxygen atoms in total. The first-order chi connectivity index (χ1) is 17.3. The Morgan fingerprint density at radius 3 is 1.31 bits per heavy atom. The van der Waals surface area contributed by atoms with Crippen LogP contribution < -0.4 is 9.47 Å². The van der Waals surface area contributed by atoms with E-state index >= 15 is 0 Å². The van der Waals surface area contributed by atoms with Gasteiger partial charge in [-0.15, -0.1) is 0 Å². The summed E-state index contributed by atoms with van der Waals surface area (Å²) in [5.41, 5.74) is 2.12. The smallest absolute Gasteiger partial charge is 0.254 e. The van der Waals surface area contributed by atoms with Gasteiger partial charge >= 0.3 is 0 Å². The van der Waals surface area contributed by atoms with E-state index in [1.807, 2.05) is 13.8 Å². The molecule has 0 aliphatic carbocycles. The van der Waals surface area contributed by atoms with Gasteiger partial charge in [-0.05, 0) is 73.5 Å². The Morgan fingerprint density at radius 1 is 0.667 bits per heavy atom. The van der Waals surface area contributed by atoms with E-state index in [1.54, 1.807) is 46.2 Å². The number of hydrogen-bond acceptors (Lipinski definition) is 4. The predicted molar refractivity (Wildman–Crippen MR) is 133 cm³/mol. The summed E-state index contributed by atoms with van der Waals surface area (Å²) < 4.78 is 38.0. The lowest BCUT2D eigenvalue weighted by Crippen LogP contribution is -2.31. The zero-order valence-corrected chi connectivity index (χ0v) is 20.9. The Kier molecular flexibility index (Phi) is 9.00. The number of nitrogens with zero attached hydrogens (tertiary/aromatic N) is 2. The number of methoxy groups -OCH3 is 2. The van der Waals surface area contributed by atoms with Crippen molar-refractivity contribution in [2.45, 2.75) is 26.9 Å². The minimum atomic E-state index is -0.487. The number of benzene rings is 3. The van der Waals surface area contributed by atoms with Gasteiger partial charge in [-0.2, -0.15) is 0 Å². The third kappa shape index (κ3) is 6.19. The second-order valence-electron chi connectivity index (χ2n) is 8.15. The Labute approximate surface area is 210 Å². The lowest BCUT2D eigenvalue weighted by molar-refractivity contribution is 0.0740. The molecule has 36 heavy (non-hydrogen) atoms. The maximum absolute atomic E-state index is 14.0. The van der Waals surface area contributed by atoms with E-state index in [0.29, 0.717) is 35.3 Å². The summed E-state index contributed by atoms with van der Waals surface area (Å²) in [5.74, 6) is -1.14. The van der Waals surface area contributed by atoms with Crippen LogP contribution >= 0.6 is 0 Å². The number of halogens is 2. The highest BCUT2D eigenvalue weighted by atomic mass is 19.1. The van der Waals surface area contributed by atoms with Crippen LogP contribution in [-0.4, -0.2) is 48.9 Å². The van der Waals surface area contributed by atoms with Gasteiger partial charge in [-0.25, -0.2) is 8.78 Å². The van der Waals surface area contributed by atoms with Gasteiger partial charge in [0, 0.05) is 37.3 Å². The molecule has 0 aliphatic heterocycles. The Morgan fingerprint density at radius 2 is 1.03 bits per heavy atom. The predicted octanol–water partition coefficient (Wildman–Crippen LogP) is 5.31. The molecule has 190 valence electrons. The number of ether oxygens (including phenoxy) is 2. The summed E-state index contributed by atoms with van der Waals surface area (Å²) in [6, 6.07) is 15.6. The standard InChI is InChI=1S/C28H30F2N2O4/c1-5-31(17-19-7-13-25(35-3)23(29)15-19)27(33)21-9-11-22(12-10-21)28(34)32(6-2)18-20-8-14-26(36-4)24(30)16-20/h7-16H,5-6,17-18H2,1-4H3. The monoisotopic (exact) mass is 496 g/mol. The molecule has 8 heteroatoms. The summed E-state index contributed by atoms with van der Waals surface area (Å²) in [4.78, 5) is 29.3. The Bertz CT molecular complexity index is 1120. The van der Waals surface area contributed by atoms with Gasteiger partial charge in [0.05, 0.1) is 14.2 Å². The maximum Gasteiger partial charge on any atom is 0.254 e. The molecule has 3 aromatic rings. The molecular weight excluding hydrogens is 466 g/mol. The zero-order chi connectivity index (χ0) is 26.2.